The van der Waals surface area contributed by atoms with E-state index in [-0.39, 0.29) is 5.56 Å². The van der Waals surface area contributed by atoms with E-state index < -0.39 is 0 Å². The zero-order valence-corrected chi connectivity index (χ0v) is 6.55. The Morgan fingerprint density at radius 2 is 2.27 bits per heavy atom. The van der Waals surface area contributed by atoms with E-state index >= 15 is 0 Å². The van der Waals surface area contributed by atoms with Gasteiger partial charge in [0.15, 0.2) is 0 Å². The van der Waals surface area contributed by atoms with Crippen LogP contribution >= 0.6 is 0 Å². The van der Waals surface area contributed by atoms with Crippen LogP contribution in [0.4, 0.5) is 0 Å². The fourth-order valence-corrected chi connectivity index (χ4v) is 1.39. The molecule has 0 amide bonds. The van der Waals surface area contributed by atoms with Crippen LogP contribution in [0, 0.1) is 6.92 Å². The summed E-state index contributed by atoms with van der Waals surface area (Å²) >= 11 is 0. The molecule has 0 spiro atoms. The van der Waals surface area contributed by atoms with Gasteiger partial charge in [0.25, 0.3) is 0 Å². The van der Waals surface area contributed by atoms with Gasteiger partial charge in [0.2, 0.25) is 5.56 Å². The molecule has 1 aromatic rings. The summed E-state index contributed by atoms with van der Waals surface area (Å²) in [6, 6.07) is 1.73. The first-order chi connectivity index (χ1) is 5.27. The van der Waals surface area contributed by atoms with Gasteiger partial charge in [-0.25, -0.2) is 0 Å². The molecular formula is C9H11NO. The molecule has 0 saturated heterocycles. The van der Waals surface area contributed by atoms with Crippen molar-refractivity contribution in [3.8, 4) is 0 Å². The minimum absolute atomic E-state index is 0.0255. The molecule has 1 aliphatic rings. The van der Waals surface area contributed by atoms with E-state index in [1.807, 2.05) is 6.92 Å². The number of aryl methyl sites for hydroxylation is 1. The molecule has 1 aromatic heterocycles. The first-order valence-electron chi connectivity index (χ1n) is 3.96. The summed E-state index contributed by atoms with van der Waals surface area (Å²) < 4.78 is 0. The molecule has 11 heavy (non-hydrogen) atoms. The Morgan fingerprint density at radius 3 is 2.91 bits per heavy atom. The van der Waals surface area contributed by atoms with Gasteiger partial charge in [-0.15, -0.1) is 0 Å². The lowest BCUT2D eigenvalue weighted by Crippen LogP contribution is -2.05. The molecule has 1 fully saturated rings. The smallest absolute Gasteiger partial charge is 0.248 e. The SMILES string of the molecule is Cc1c[nH]c(=O)cc1C1CC1. The molecule has 0 aromatic carbocycles. The predicted octanol–water partition coefficient (Wildman–Crippen LogP) is 1.56. The monoisotopic (exact) mass is 149 g/mol. The molecule has 2 heteroatoms. The third-order valence-corrected chi connectivity index (χ3v) is 2.19. The van der Waals surface area contributed by atoms with E-state index in [2.05, 4.69) is 4.98 Å². The molecule has 1 N–H and O–H groups in total. The lowest BCUT2D eigenvalue weighted by atomic mass is 10.1. The molecule has 2 rings (SSSR count). The van der Waals surface area contributed by atoms with Crippen LogP contribution in [0.5, 0.6) is 0 Å². The second-order valence-corrected chi connectivity index (χ2v) is 3.21. The predicted molar refractivity (Wildman–Crippen MR) is 43.8 cm³/mol. The van der Waals surface area contributed by atoms with Crippen LogP contribution in [-0.4, -0.2) is 4.98 Å². The maximum Gasteiger partial charge on any atom is 0.248 e. The lowest BCUT2D eigenvalue weighted by molar-refractivity contribution is 1.05. The second-order valence-electron chi connectivity index (χ2n) is 3.21. The van der Waals surface area contributed by atoms with Crippen LogP contribution < -0.4 is 5.56 Å². The van der Waals surface area contributed by atoms with Crippen molar-refractivity contribution in [3.63, 3.8) is 0 Å². The summed E-state index contributed by atoms with van der Waals surface area (Å²) in [6.07, 6.45) is 4.31. The Balaban J connectivity index is 2.50. The number of rotatable bonds is 1. The number of nitrogens with one attached hydrogen (secondary N) is 1. The van der Waals surface area contributed by atoms with E-state index in [1.165, 1.54) is 24.0 Å². The van der Waals surface area contributed by atoms with Gasteiger partial charge in [0, 0.05) is 12.3 Å². The molecular weight excluding hydrogens is 138 g/mol. The Kier molecular flexibility index (Phi) is 1.34. The molecule has 58 valence electrons. The fraction of sp³-hybridized carbons (Fsp3) is 0.444. The first-order valence-corrected chi connectivity index (χ1v) is 3.96. The Morgan fingerprint density at radius 1 is 1.55 bits per heavy atom. The van der Waals surface area contributed by atoms with Crippen LogP contribution in [0.3, 0.4) is 0 Å². The van der Waals surface area contributed by atoms with Gasteiger partial charge in [-0.3, -0.25) is 4.79 Å². The molecule has 1 heterocycles. The average Bonchev–Trinajstić information content (AvgIpc) is 2.76. The van der Waals surface area contributed by atoms with Crippen LogP contribution in [0.25, 0.3) is 0 Å². The third-order valence-electron chi connectivity index (χ3n) is 2.19. The molecule has 2 nitrogen and oxygen atoms in total. The summed E-state index contributed by atoms with van der Waals surface area (Å²) in [7, 11) is 0. The number of hydrogen-bond acceptors (Lipinski definition) is 1. The van der Waals surface area contributed by atoms with Crippen molar-refractivity contribution in [1.82, 2.24) is 4.98 Å². The second kappa shape index (κ2) is 2.22. The quantitative estimate of drug-likeness (QED) is 0.645. The normalized spacial score (nSPS) is 16.8. The maximum atomic E-state index is 10.9. The van der Waals surface area contributed by atoms with Gasteiger partial charge in [0.1, 0.15) is 0 Å². The molecule has 0 atom stereocenters. The van der Waals surface area contributed by atoms with Gasteiger partial charge in [-0.2, -0.15) is 0 Å². The van der Waals surface area contributed by atoms with Crippen LogP contribution in [-0.2, 0) is 0 Å². The highest BCUT2D eigenvalue weighted by Gasteiger charge is 2.24. The highest BCUT2D eigenvalue weighted by atomic mass is 16.1. The largest absolute Gasteiger partial charge is 0.329 e. The van der Waals surface area contributed by atoms with E-state index in [1.54, 1.807) is 12.3 Å². The summed E-state index contributed by atoms with van der Waals surface area (Å²) in [4.78, 5) is 13.6. The van der Waals surface area contributed by atoms with Gasteiger partial charge >= 0.3 is 0 Å². The summed E-state index contributed by atoms with van der Waals surface area (Å²) in [5.41, 5.74) is 2.48. The molecule has 0 unspecified atom stereocenters. The maximum absolute atomic E-state index is 10.9. The van der Waals surface area contributed by atoms with Gasteiger partial charge in [-0.05, 0) is 36.8 Å². The third kappa shape index (κ3) is 1.20. The summed E-state index contributed by atoms with van der Waals surface area (Å²) in [5, 5.41) is 0. The van der Waals surface area contributed by atoms with Crippen molar-refractivity contribution < 1.29 is 0 Å². The lowest BCUT2D eigenvalue weighted by Gasteiger charge is -2.00. The number of pyridine rings is 1. The molecule has 1 aliphatic carbocycles. The molecule has 0 aliphatic heterocycles. The van der Waals surface area contributed by atoms with E-state index in [4.69, 9.17) is 0 Å². The number of hydrogen-bond donors (Lipinski definition) is 1. The highest BCUT2D eigenvalue weighted by Crippen LogP contribution is 2.40. The molecule has 0 bridgehead atoms. The average molecular weight is 149 g/mol. The Hall–Kier alpha value is -1.05. The van der Waals surface area contributed by atoms with E-state index in [0.717, 1.165) is 0 Å². The van der Waals surface area contributed by atoms with E-state index in [9.17, 15) is 4.79 Å². The minimum atomic E-state index is 0.0255. The van der Waals surface area contributed by atoms with Crippen molar-refractivity contribution in [1.29, 1.82) is 0 Å². The zero-order valence-electron chi connectivity index (χ0n) is 6.55. The fourth-order valence-electron chi connectivity index (χ4n) is 1.39. The topological polar surface area (TPSA) is 32.9 Å². The van der Waals surface area contributed by atoms with Gasteiger partial charge in [0.05, 0.1) is 0 Å². The van der Waals surface area contributed by atoms with Crippen LogP contribution in [0.15, 0.2) is 17.1 Å². The van der Waals surface area contributed by atoms with Crippen molar-refractivity contribution in [3.05, 3.63) is 33.7 Å². The van der Waals surface area contributed by atoms with Gasteiger partial charge < -0.3 is 4.98 Å². The number of aromatic nitrogens is 1. The highest BCUT2D eigenvalue weighted by molar-refractivity contribution is 5.28. The zero-order chi connectivity index (χ0) is 7.84. The van der Waals surface area contributed by atoms with Crippen molar-refractivity contribution in [2.75, 3.05) is 0 Å². The first kappa shape index (κ1) is 6.65. The van der Waals surface area contributed by atoms with Crippen LogP contribution in [0.1, 0.15) is 29.9 Å². The summed E-state index contributed by atoms with van der Waals surface area (Å²) in [6.45, 7) is 2.05. The Bertz CT molecular complexity index is 323. The Labute approximate surface area is 65.3 Å². The molecule has 0 radical (unpaired) electrons. The van der Waals surface area contributed by atoms with Crippen molar-refractivity contribution in [2.45, 2.75) is 25.7 Å². The summed E-state index contributed by atoms with van der Waals surface area (Å²) in [5.74, 6) is 0.678. The standard InChI is InChI=1S/C9H11NO/c1-6-5-10-9(11)4-8(6)7-2-3-7/h4-5,7H,2-3H2,1H3,(H,10,11). The van der Waals surface area contributed by atoms with Crippen molar-refractivity contribution >= 4 is 0 Å². The van der Waals surface area contributed by atoms with Crippen molar-refractivity contribution in [2.24, 2.45) is 0 Å². The van der Waals surface area contributed by atoms with E-state index in [0.29, 0.717) is 5.92 Å². The van der Waals surface area contributed by atoms with Gasteiger partial charge in [-0.1, -0.05) is 0 Å². The minimum Gasteiger partial charge on any atom is -0.329 e. The molecule has 1 saturated carbocycles. The van der Waals surface area contributed by atoms with Crippen LogP contribution in [0.2, 0.25) is 0 Å². The number of aromatic amines is 1. The number of H-pyrrole nitrogens is 1.